The summed E-state index contributed by atoms with van der Waals surface area (Å²) >= 11 is 0. The number of carbonyl (C=O) groups is 1. The van der Waals surface area contributed by atoms with E-state index < -0.39 is 5.97 Å². The van der Waals surface area contributed by atoms with Crippen LogP contribution in [0.1, 0.15) is 31.3 Å². The van der Waals surface area contributed by atoms with Gasteiger partial charge in [0, 0.05) is 6.61 Å². The number of aromatic nitrogens is 1. The highest BCUT2D eigenvalue weighted by Crippen LogP contribution is 2.12. The first-order valence-electron chi connectivity index (χ1n) is 5.54. The van der Waals surface area contributed by atoms with Crippen molar-refractivity contribution < 1.29 is 23.4 Å². The van der Waals surface area contributed by atoms with Gasteiger partial charge in [0.05, 0.1) is 13.2 Å². The molecule has 0 radical (unpaired) electrons. The van der Waals surface area contributed by atoms with Gasteiger partial charge < -0.3 is 18.6 Å². The maximum atomic E-state index is 11.3. The summed E-state index contributed by atoms with van der Waals surface area (Å²) in [5, 5.41) is 0. The van der Waals surface area contributed by atoms with E-state index in [0.717, 1.165) is 0 Å². The molecular formula is C11H17NO5. The zero-order valence-electron chi connectivity index (χ0n) is 10.3. The summed E-state index contributed by atoms with van der Waals surface area (Å²) in [6.45, 7) is 6.80. The molecule has 1 atom stereocenters. The van der Waals surface area contributed by atoms with Gasteiger partial charge in [0.25, 0.3) is 0 Å². The molecule has 6 heteroatoms. The first-order valence-corrected chi connectivity index (χ1v) is 5.54. The largest absolute Gasteiger partial charge is 0.461 e. The van der Waals surface area contributed by atoms with E-state index in [1.807, 2.05) is 13.8 Å². The van der Waals surface area contributed by atoms with Gasteiger partial charge >= 0.3 is 12.0 Å². The molecule has 1 aromatic heterocycles. The SMILES string of the molecule is CCOCC(C)Oc1nc(C(=O)OCC)co1. The van der Waals surface area contributed by atoms with Crippen molar-refractivity contribution in [3.63, 3.8) is 0 Å². The molecule has 1 aromatic rings. The van der Waals surface area contributed by atoms with Gasteiger partial charge in [0.15, 0.2) is 5.69 Å². The summed E-state index contributed by atoms with van der Waals surface area (Å²) in [6, 6.07) is 0. The number of oxazole rings is 1. The summed E-state index contributed by atoms with van der Waals surface area (Å²) in [5.74, 6) is -0.524. The summed E-state index contributed by atoms with van der Waals surface area (Å²) in [7, 11) is 0. The quantitative estimate of drug-likeness (QED) is 0.678. The van der Waals surface area contributed by atoms with Crippen LogP contribution in [0.3, 0.4) is 0 Å². The van der Waals surface area contributed by atoms with Crippen LogP contribution in [0.15, 0.2) is 10.7 Å². The van der Waals surface area contributed by atoms with Crippen LogP contribution in [0.4, 0.5) is 0 Å². The smallest absolute Gasteiger partial charge is 0.394 e. The second-order valence-corrected chi connectivity index (χ2v) is 3.31. The van der Waals surface area contributed by atoms with E-state index in [-0.39, 0.29) is 17.9 Å². The summed E-state index contributed by atoms with van der Waals surface area (Å²) in [4.78, 5) is 15.1. The van der Waals surface area contributed by atoms with Gasteiger partial charge in [0.2, 0.25) is 0 Å². The molecular weight excluding hydrogens is 226 g/mol. The van der Waals surface area contributed by atoms with Crippen molar-refractivity contribution in [2.75, 3.05) is 19.8 Å². The van der Waals surface area contributed by atoms with E-state index in [9.17, 15) is 4.79 Å². The molecule has 0 fully saturated rings. The molecule has 1 rings (SSSR count). The Labute approximate surface area is 99.9 Å². The first kappa shape index (κ1) is 13.5. The number of hydrogen-bond donors (Lipinski definition) is 0. The van der Waals surface area contributed by atoms with Crippen molar-refractivity contribution in [1.82, 2.24) is 4.98 Å². The molecule has 0 aromatic carbocycles. The molecule has 0 aliphatic rings. The minimum atomic E-state index is -0.524. The minimum absolute atomic E-state index is 0.0419. The van der Waals surface area contributed by atoms with Crippen LogP contribution in [0.5, 0.6) is 6.08 Å². The molecule has 1 unspecified atom stereocenters. The number of hydrogen-bond acceptors (Lipinski definition) is 6. The lowest BCUT2D eigenvalue weighted by molar-refractivity contribution is 0.0486. The Morgan fingerprint density at radius 1 is 1.47 bits per heavy atom. The van der Waals surface area contributed by atoms with Gasteiger partial charge in [-0.3, -0.25) is 0 Å². The Morgan fingerprint density at radius 3 is 2.88 bits per heavy atom. The highest BCUT2D eigenvalue weighted by molar-refractivity contribution is 5.86. The Kier molecular flexibility index (Phi) is 5.48. The fourth-order valence-corrected chi connectivity index (χ4v) is 1.10. The lowest BCUT2D eigenvalue weighted by Crippen LogP contribution is -2.19. The van der Waals surface area contributed by atoms with Gasteiger partial charge in [-0.05, 0) is 20.8 Å². The second-order valence-electron chi connectivity index (χ2n) is 3.31. The predicted octanol–water partition coefficient (Wildman–Crippen LogP) is 1.66. The Bertz CT molecular complexity index is 349. The first-order chi connectivity index (χ1) is 8.17. The summed E-state index contributed by atoms with van der Waals surface area (Å²) < 4.78 is 20.3. The third-order valence-corrected chi connectivity index (χ3v) is 1.83. The van der Waals surface area contributed by atoms with Crippen molar-refractivity contribution in [2.45, 2.75) is 26.9 Å². The molecule has 0 aliphatic carbocycles. The number of nitrogens with zero attached hydrogens (tertiary/aromatic N) is 1. The van der Waals surface area contributed by atoms with Crippen molar-refractivity contribution in [3.8, 4) is 6.08 Å². The van der Waals surface area contributed by atoms with Crippen molar-refractivity contribution in [3.05, 3.63) is 12.0 Å². The molecule has 6 nitrogen and oxygen atoms in total. The van der Waals surface area contributed by atoms with E-state index in [1.165, 1.54) is 6.26 Å². The van der Waals surface area contributed by atoms with E-state index in [2.05, 4.69) is 4.98 Å². The van der Waals surface area contributed by atoms with E-state index in [0.29, 0.717) is 19.8 Å². The van der Waals surface area contributed by atoms with Crippen LogP contribution in [0, 0.1) is 0 Å². The third kappa shape index (κ3) is 4.44. The van der Waals surface area contributed by atoms with Crippen LogP contribution in [-0.2, 0) is 9.47 Å². The fraction of sp³-hybridized carbons (Fsp3) is 0.636. The molecule has 0 saturated heterocycles. The topological polar surface area (TPSA) is 70.8 Å². The number of esters is 1. The van der Waals surface area contributed by atoms with Crippen LogP contribution >= 0.6 is 0 Å². The second kappa shape index (κ2) is 6.90. The average Bonchev–Trinajstić information content (AvgIpc) is 2.75. The molecule has 96 valence electrons. The van der Waals surface area contributed by atoms with Crippen LogP contribution in [-0.4, -0.2) is 36.9 Å². The van der Waals surface area contributed by atoms with Gasteiger partial charge in [-0.2, -0.15) is 4.98 Å². The maximum absolute atomic E-state index is 11.3. The highest BCUT2D eigenvalue weighted by atomic mass is 16.6. The Hall–Kier alpha value is -1.56. The number of rotatable bonds is 7. The number of carbonyl (C=O) groups excluding carboxylic acids is 1. The Morgan fingerprint density at radius 2 is 2.24 bits per heavy atom. The van der Waals surface area contributed by atoms with Crippen LogP contribution in [0.25, 0.3) is 0 Å². The Balaban J connectivity index is 2.47. The standard InChI is InChI=1S/C11H17NO5/c1-4-14-6-8(3)17-11-12-9(7-16-11)10(13)15-5-2/h7-8H,4-6H2,1-3H3. The van der Waals surface area contributed by atoms with E-state index in [1.54, 1.807) is 6.92 Å². The van der Waals surface area contributed by atoms with E-state index in [4.69, 9.17) is 18.6 Å². The molecule has 0 aliphatic heterocycles. The van der Waals surface area contributed by atoms with E-state index >= 15 is 0 Å². The molecule has 0 saturated carbocycles. The highest BCUT2D eigenvalue weighted by Gasteiger charge is 2.15. The van der Waals surface area contributed by atoms with Gasteiger partial charge in [-0.15, -0.1) is 0 Å². The van der Waals surface area contributed by atoms with Gasteiger partial charge in [-0.25, -0.2) is 4.79 Å². The monoisotopic (exact) mass is 243 g/mol. The summed E-state index contributed by atoms with van der Waals surface area (Å²) in [5.41, 5.74) is 0.102. The normalized spacial score (nSPS) is 12.2. The zero-order valence-corrected chi connectivity index (χ0v) is 10.3. The molecule has 0 amide bonds. The third-order valence-electron chi connectivity index (χ3n) is 1.83. The maximum Gasteiger partial charge on any atom is 0.394 e. The average molecular weight is 243 g/mol. The fourth-order valence-electron chi connectivity index (χ4n) is 1.10. The lowest BCUT2D eigenvalue weighted by atomic mass is 10.4. The van der Waals surface area contributed by atoms with Crippen molar-refractivity contribution in [1.29, 1.82) is 0 Å². The minimum Gasteiger partial charge on any atom is -0.461 e. The van der Waals surface area contributed by atoms with Crippen LogP contribution < -0.4 is 4.74 Å². The van der Waals surface area contributed by atoms with Crippen LogP contribution in [0.2, 0.25) is 0 Å². The molecule has 17 heavy (non-hydrogen) atoms. The molecule has 0 spiro atoms. The predicted molar refractivity (Wildman–Crippen MR) is 59.0 cm³/mol. The number of ether oxygens (including phenoxy) is 3. The van der Waals surface area contributed by atoms with Gasteiger partial charge in [0.1, 0.15) is 12.4 Å². The van der Waals surface area contributed by atoms with Crippen molar-refractivity contribution in [2.24, 2.45) is 0 Å². The molecule has 0 N–H and O–H groups in total. The summed E-state index contributed by atoms with van der Waals surface area (Å²) in [6.07, 6.45) is 1.06. The lowest BCUT2D eigenvalue weighted by Gasteiger charge is -2.10. The van der Waals surface area contributed by atoms with Crippen molar-refractivity contribution >= 4 is 5.97 Å². The zero-order chi connectivity index (χ0) is 12.7. The van der Waals surface area contributed by atoms with Gasteiger partial charge in [-0.1, -0.05) is 0 Å². The molecule has 1 heterocycles. The molecule has 0 bridgehead atoms.